The lowest BCUT2D eigenvalue weighted by molar-refractivity contribution is 0.0353. The summed E-state index contributed by atoms with van der Waals surface area (Å²) in [7, 11) is 0. The topological polar surface area (TPSA) is 33.6 Å². The van der Waals surface area contributed by atoms with Crippen LogP contribution in [-0.4, -0.2) is 12.1 Å². The Morgan fingerprint density at radius 2 is 2.40 bits per heavy atom. The van der Waals surface area contributed by atoms with Crippen LogP contribution >= 0.6 is 0 Å². The highest BCUT2D eigenvalue weighted by molar-refractivity contribution is 5.83. The van der Waals surface area contributed by atoms with E-state index >= 15 is 0 Å². The molecule has 3 nitrogen and oxygen atoms in total. The zero-order valence-electron chi connectivity index (χ0n) is 6.72. The average Bonchev–Trinajstić information content (AvgIpc) is 2.34. The van der Waals surface area contributed by atoms with E-state index in [1.807, 2.05) is 0 Å². The lowest BCUT2D eigenvalue weighted by Crippen LogP contribution is -2.22. The van der Waals surface area contributed by atoms with Gasteiger partial charge >= 0.3 is 0 Å². The van der Waals surface area contributed by atoms with Crippen LogP contribution in [-0.2, 0) is 4.84 Å². The first-order valence-electron chi connectivity index (χ1n) is 3.73. The van der Waals surface area contributed by atoms with E-state index in [0.717, 1.165) is 12.3 Å². The Kier molecular flexibility index (Phi) is 2.27. The van der Waals surface area contributed by atoms with Crippen molar-refractivity contribution in [2.45, 2.75) is 33.4 Å². The van der Waals surface area contributed by atoms with Crippen molar-refractivity contribution in [3.8, 4) is 0 Å². The fourth-order valence-corrected chi connectivity index (χ4v) is 0.778. The van der Waals surface area contributed by atoms with Gasteiger partial charge < -0.3 is 0 Å². The molecule has 0 radical (unpaired) electrons. The Labute approximate surface area is 61.4 Å². The number of rotatable bonds is 2. The van der Waals surface area contributed by atoms with E-state index in [0.29, 0.717) is 5.92 Å². The minimum absolute atomic E-state index is 0.0393. The number of hydrogen-bond acceptors (Lipinski definition) is 3. The Balaban J connectivity index is 2.48. The van der Waals surface area contributed by atoms with Gasteiger partial charge in [0.25, 0.3) is 0 Å². The smallest absolute Gasteiger partial charge is 0.176 e. The second-order valence-electron chi connectivity index (χ2n) is 2.75. The van der Waals surface area contributed by atoms with Gasteiger partial charge in [-0.1, -0.05) is 20.8 Å². The van der Waals surface area contributed by atoms with Crippen molar-refractivity contribution in [2.75, 3.05) is 0 Å². The number of hydrogen-bond donors (Lipinski definition) is 1. The van der Waals surface area contributed by atoms with Gasteiger partial charge in [-0.25, -0.2) is 9.83 Å². The largest absolute Gasteiger partial charge is 0.251 e. The average molecular weight is 142 g/mol. The molecule has 1 aliphatic heterocycles. The third-order valence-corrected chi connectivity index (χ3v) is 1.48. The third-order valence-electron chi connectivity index (χ3n) is 1.48. The van der Waals surface area contributed by atoms with Crippen molar-refractivity contribution in [1.29, 1.82) is 0 Å². The number of aliphatic imine (C=N–C) groups is 1. The molecule has 0 spiro atoms. The Bertz CT molecular complexity index is 143. The second kappa shape index (κ2) is 3.01. The van der Waals surface area contributed by atoms with Crippen LogP contribution in [0.15, 0.2) is 4.99 Å². The van der Waals surface area contributed by atoms with Crippen LogP contribution < -0.4 is 5.48 Å². The fourth-order valence-electron chi connectivity index (χ4n) is 0.778. The molecule has 1 N–H and O–H groups in total. The number of nitrogens with one attached hydrogen (secondary N) is 1. The van der Waals surface area contributed by atoms with E-state index in [9.17, 15) is 0 Å². The van der Waals surface area contributed by atoms with Crippen molar-refractivity contribution < 1.29 is 4.84 Å². The quantitative estimate of drug-likeness (QED) is 0.630. The van der Waals surface area contributed by atoms with E-state index < -0.39 is 0 Å². The molecule has 0 aliphatic carbocycles. The summed E-state index contributed by atoms with van der Waals surface area (Å²) >= 11 is 0. The van der Waals surface area contributed by atoms with Crippen LogP contribution in [0.2, 0.25) is 0 Å². The van der Waals surface area contributed by atoms with E-state index in [1.165, 1.54) is 0 Å². The van der Waals surface area contributed by atoms with Gasteiger partial charge in [-0.2, -0.15) is 0 Å². The molecule has 1 unspecified atom stereocenters. The predicted octanol–water partition coefficient (Wildman–Crippen LogP) is 1.31. The monoisotopic (exact) mass is 142 g/mol. The summed E-state index contributed by atoms with van der Waals surface area (Å²) in [6, 6.07) is 0. The van der Waals surface area contributed by atoms with Gasteiger partial charge in [0, 0.05) is 5.92 Å². The van der Waals surface area contributed by atoms with E-state index in [4.69, 9.17) is 4.84 Å². The summed E-state index contributed by atoms with van der Waals surface area (Å²) in [4.78, 5) is 9.41. The van der Waals surface area contributed by atoms with Crippen molar-refractivity contribution in [1.82, 2.24) is 5.48 Å². The summed E-state index contributed by atoms with van der Waals surface area (Å²) in [5, 5.41) is 0. The number of nitrogens with zero attached hydrogens (tertiary/aromatic N) is 1. The fraction of sp³-hybridized carbons (Fsp3) is 0.857. The van der Waals surface area contributed by atoms with Gasteiger partial charge in [-0.05, 0) is 6.42 Å². The minimum atomic E-state index is 0.0393. The molecule has 0 saturated heterocycles. The van der Waals surface area contributed by atoms with Crippen molar-refractivity contribution >= 4 is 5.84 Å². The van der Waals surface area contributed by atoms with Crippen LogP contribution in [0.1, 0.15) is 27.2 Å². The molecule has 58 valence electrons. The molecule has 1 heterocycles. The molecule has 0 fully saturated rings. The van der Waals surface area contributed by atoms with Crippen LogP contribution in [0.25, 0.3) is 0 Å². The summed E-state index contributed by atoms with van der Waals surface area (Å²) in [5.41, 5.74) is 2.81. The molecule has 3 heteroatoms. The zero-order chi connectivity index (χ0) is 7.56. The molecule has 0 aromatic carbocycles. The molecule has 0 bridgehead atoms. The highest BCUT2D eigenvalue weighted by Gasteiger charge is 2.17. The summed E-state index contributed by atoms with van der Waals surface area (Å²) in [6.07, 6.45) is 0.973. The van der Waals surface area contributed by atoms with Gasteiger partial charge in [-0.3, -0.25) is 5.48 Å². The maximum absolute atomic E-state index is 5.12. The van der Waals surface area contributed by atoms with Crippen LogP contribution in [0.3, 0.4) is 0 Å². The molecule has 1 aliphatic rings. The second-order valence-corrected chi connectivity index (χ2v) is 2.75. The first kappa shape index (κ1) is 7.54. The predicted molar refractivity (Wildman–Crippen MR) is 40.6 cm³/mol. The van der Waals surface area contributed by atoms with Crippen LogP contribution in [0, 0.1) is 5.92 Å². The Morgan fingerprint density at radius 1 is 1.70 bits per heavy atom. The SMILES string of the molecule is CCC1N=C(C(C)C)NO1. The lowest BCUT2D eigenvalue weighted by atomic mass is 10.2. The van der Waals surface area contributed by atoms with E-state index in [1.54, 1.807) is 0 Å². The molecule has 0 amide bonds. The van der Waals surface area contributed by atoms with Crippen molar-refractivity contribution in [2.24, 2.45) is 10.9 Å². The standard InChI is InChI=1S/C7H14N2O/c1-4-6-8-7(5(2)3)9-10-6/h5-6H,4H2,1-3H3,(H,8,9). The summed E-state index contributed by atoms with van der Waals surface area (Å²) in [6.45, 7) is 6.24. The van der Waals surface area contributed by atoms with Gasteiger partial charge in [0.15, 0.2) is 6.23 Å². The number of hydroxylamine groups is 1. The zero-order valence-corrected chi connectivity index (χ0v) is 6.72. The molecule has 1 rings (SSSR count). The molecular weight excluding hydrogens is 128 g/mol. The Morgan fingerprint density at radius 3 is 2.70 bits per heavy atom. The lowest BCUT2D eigenvalue weighted by Gasteiger charge is -2.02. The van der Waals surface area contributed by atoms with E-state index in [2.05, 4.69) is 31.2 Å². The van der Waals surface area contributed by atoms with Crippen LogP contribution in [0.4, 0.5) is 0 Å². The van der Waals surface area contributed by atoms with Gasteiger partial charge in [0.2, 0.25) is 0 Å². The van der Waals surface area contributed by atoms with Gasteiger partial charge in [-0.15, -0.1) is 0 Å². The molecule has 0 saturated carbocycles. The Hall–Kier alpha value is -0.570. The normalized spacial score (nSPS) is 24.8. The van der Waals surface area contributed by atoms with Crippen LogP contribution in [0.5, 0.6) is 0 Å². The van der Waals surface area contributed by atoms with Gasteiger partial charge in [0.05, 0.1) is 0 Å². The third kappa shape index (κ3) is 1.48. The highest BCUT2D eigenvalue weighted by atomic mass is 16.7. The van der Waals surface area contributed by atoms with Gasteiger partial charge in [0.1, 0.15) is 5.84 Å². The molecule has 0 aromatic rings. The summed E-state index contributed by atoms with van der Waals surface area (Å²) < 4.78 is 0. The maximum Gasteiger partial charge on any atom is 0.176 e. The minimum Gasteiger partial charge on any atom is -0.251 e. The summed E-state index contributed by atoms with van der Waals surface area (Å²) in [5.74, 6) is 1.41. The highest BCUT2D eigenvalue weighted by Crippen LogP contribution is 2.08. The molecule has 0 aromatic heterocycles. The molecule has 1 atom stereocenters. The number of amidine groups is 1. The van der Waals surface area contributed by atoms with Crippen molar-refractivity contribution in [3.05, 3.63) is 0 Å². The molecular formula is C7H14N2O. The first-order valence-corrected chi connectivity index (χ1v) is 3.73. The van der Waals surface area contributed by atoms with E-state index in [-0.39, 0.29) is 6.23 Å². The first-order chi connectivity index (χ1) is 4.74. The maximum atomic E-state index is 5.12. The molecule has 10 heavy (non-hydrogen) atoms. The van der Waals surface area contributed by atoms with Crippen molar-refractivity contribution in [3.63, 3.8) is 0 Å².